The molecule has 110 valence electrons. The Labute approximate surface area is 128 Å². The number of fused-ring (bicyclic) bond motifs is 1. The summed E-state index contributed by atoms with van der Waals surface area (Å²) in [6, 6.07) is 12.6. The van der Waals surface area contributed by atoms with E-state index in [-0.39, 0.29) is 12.1 Å². The minimum Gasteiger partial charge on any atom is -0.388 e. The molecule has 0 aliphatic rings. The number of benzene rings is 1. The number of hydrogen-bond donors (Lipinski definition) is 3. The molecule has 0 spiro atoms. The summed E-state index contributed by atoms with van der Waals surface area (Å²) in [5, 5.41) is 16.9. The van der Waals surface area contributed by atoms with Gasteiger partial charge in [-0.3, -0.25) is 0 Å². The van der Waals surface area contributed by atoms with Gasteiger partial charge in [-0.05, 0) is 42.5 Å². The lowest BCUT2D eigenvalue weighted by Crippen LogP contribution is -2.27. The molecule has 0 aliphatic heterocycles. The standard InChI is InChI=1S/C17H20N2OS/c1-12(10-16(20)17-6-3-9-21-17)19-11-13-4-2-5-15-14(13)7-8-18-15/h2-9,12,16,18-20H,10-11H2,1H3. The SMILES string of the molecule is CC(CC(O)c1cccs1)NCc1cccc2[nH]ccc12. The van der Waals surface area contributed by atoms with Crippen LogP contribution in [0.4, 0.5) is 0 Å². The van der Waals surface area contributed by atoms with Gasteiger partial charge in [0.05, 0.1) is 6.10 Å². The monoisotopic (exact) mass is 300 g/mol. The fourth-order valence-corrected chi connectivity index (χ4v) is 3.33. The van der Waals surface area contributed by atoms with Crippen molar-refractivity contribution in [3.05, 3.63) is 58.4 Å². The average Bonchev–Trinajstić information content (AvgIpc) is 3.15. The van der Waals surface area contributed by atoms with Crippen molar-refractivity contribution in [2.24, 2.45) is 0 Å². The predicted octanol–water partition coefficient (Wildman–Crippen LogP) is 3.83. The maximum atomic E-state index is 10.2. The fourth-order valence-electron chi connectivity index (χ4n) is 2.60. The highest BCUT2D eigenvalue weighted by atomic mass is 32.1. The fraction of sp³-hybridized carbons (Fsp3) is 0.294. The number of hydrogen-bond acceptors (Lipinski definition) is 3. The van der Waals surface area contributed by atoms with Crippen LogP contribution in [0.2, 0.25) is 0 Å². The second-order valence-corrected chi connectivity index (χ2v) is 6.38. The molecule has 0 amide bonds. The molecule has 0 fully saturated rings. The molecular weight excluding hydrogens is 280 g/mol. The summed E-state index contributed by atoms with van der Waals surface area (Å²) in [6.07, 6.45) is 2.32. The molecule has 1 aromatic carbocycles. The largest absolute Gasteiger partial charge is 0.388 e. The van der Waals surface area contributed by atoms with E-state index in [2.05, 4.69) is 41.5 Å². The van der Waals surface area contributed by atoms with Gasteiger partial charge < -0.3 is 15.4 Å². The van der Waals surface area contributed by atoms with Crippen LogP contribution in [0, 0.1) is 0 Å². The van der Waals surface area contributed by atoms with Gasteiger partial charge in [0.1, 0.15) is 0 Å². The Hall–Kier alpha value is -1.62. The van der Waals surface area contributed by atoms with Crippen molar-refractivity contribution in [3.63, 3.8) is 0 Å². The van der Waals surface area contributed by atoms with Crippen LogP contribution in [0.1, 0.15) is 29.9 Å². The smallest absolute Gasteiger partial charge is 0.0896 e. The summed E-state index contributed by atoms with van der Waals surface area (Å²) < 4.78 is 0. The third-order valence-electron chi connectivity index (χ3n) is 3.77. The number of nitrogens with one attached hydrogen (secondary N) is 2. The molecule has 3 aromatic rings. The van der Waals surface area contributed by atoms with Crippen LogP contribution in [-0.4, -0.2) is 16.1 Å². The molecule has 0 bridgehead atoms. The second kappa shape index (κ2) is 6.43. The van der Waals surface area contributed by atoms with E-state index in [1.54, 1.807) is 11.3 Å². The topological polar surface area (TPSA) is 48.0 Å². The number of thiophene rings is 1. The third-order valence-corrected chi connectivity index (χ3v) is 4.75. The van der Waals surface area contributed by atoms with E-state index >= 15 is 0 Å². The zero-order valence-corrected chi connectivity index (χ0v) is 12.9. The van der Waals surface area contributed by atoms with Crippen LogP contribution < -0.4 is 5.32 Å². The van der Waals surface area contributed by atoms with Gasteiger partial charge in [-0.25, -0.2) is 0 Å². The van der Waals surface area contributed by atoms with Gasteiger partial charge in [-0.15, -0.1) is 11.3 Å². The normalized spacial score (nSPS) is 14.4. The van der Waals surface area contributed by atoms with Gasteiger partial charge >= 0.3 is 0 Å². The number of aliphatic hydroxyl groups excluding tert-OH is 1. The van der Waals surface area contributed by atoms with Gasteiger partial charge in [0.2, 0.25) is 0 Å². The number of H-pyrrole nitrogens is 1. The summed E-state index contributed by atoms with van der Waals surface area (Å²) in [7, 11) is 0. The van der Waals surface area contributed by atoms with Crippen LogP contribution in [0.15, 0.2) is 48.0 Å². The first-order valence-corrected chi connectivity index (χ1v) is 8.12. The van der Waals surface area contributed by atoms with E-state index in [4.69, 9.17) is 0 Å². The van der Waals surface area contributed by atoms with Gasteiger partial charge in [0.15, 0.2) is 0 Å². The Morgan fingerprint density at radius 2 is 2.14 bits per heavy atom. The lowest BCUT2D eigenvalue weighted by Gasteiger charge is -2.17. The lowest BCUT2D eigenvalue weighted by molar-refractivity contribution is 0.157. The summed E-state index contributed by atoms with van der Waals surface area (Å²) in [5.74, 6) is 0. The van der Waals surface area contributed by atoms with Gasteiger partial charge in [0.25, 0.3) is 0 Å². The Bertz CT molecular complexity index is 690. The molecule has 2 aromatic heterocycles. The first-order valence-electron chi connectivity index (χ1n) is 7.24. The van der Waals surface area contributed by atoms with E-state index in [1.807, 2.05) is 23.7 Å². The van der Waals surface area contributed by atoms with Crippen molar-refractivity contribution in [1.82, 2.24) is 10.3 Å². The summed E-state index contributed by atoms with van der Waals surface area (Å²) in [5.41, 5.74) is 2.45. The lowest BCUT2D eigenvalue weighted by atomic mass is 10.1. The Kier molecular flexibility index (Phi) is 4.39. The van der Waals surface area contributed by atoms with Gasteiger partial charge in [-0.1, -0.05) is 18.2 Å². The molecule has 2 unspecified atom stereocenters. The van der Waals surface area contributed by atoms with Gasteiger partial charge in [0, 0.05) is 34.6 Å². The zero-order chi connectivity index (χ0) is 14.7. The highest BCUT2D eigenvalue weighted by Crippen LogP contribution is 2.23. The van der Waals surface area contributed by atoms with Crippen LogP contribution in [-0.2, 0) is 6.54 Å². The average molecular weight is 300 g/mol. The Balaban J connectivity index is 1.58. The molecule has 21 heavy (non-hydrogen) atoms. The summed E-state index contributed by atoms with van der Waals surface area (Å²) in [4.78, 5) is 4.27. The van der Waals surface area contributed by atoms with Crippen molar-refractivity contribution < 1.29 is 5.11 Å². The first-order chi connectivity index (χ1) is 10.2. The molecule has 0 saturated heterocycles. The first kappa shape index (κ1) is 14.3. The quantitative estimate of drug-likeness (QED) is 0.648. The van der Waals surface area contributed by atoms with Crippen molar-refractivity contribution in [2.45, 2.75) is 32.0 Å². The molecule has 3 nitrogen and oxygen atoms in total. The molecule has 0 saturated carbocycles. The van der Waals surface area contributed by atoms with E-state index < -0.39 is 0 Å². The zero-order valence-electron chi connectivity index (χ0n) is 12.0. The number of aromatic nitrogens is 1. The highest BCUT2D eigenvalue weighted by molar-refractivity contribution is 7.10. The molecule has 2 heterocycles. The van der Waals surface area contributed by atoms with Crippen LogP contribution in [0.5, 0.6) is 0 Å². The van der Waals surface area contributed by atoms with E-state index in [9.17, 15) is 5.11 Å². The van der Waals surface area contributed by atoms with Crippen molar-refractivity contribution in [1.29, 1.82) is 0 Å². The number of aromatic amines is 1. The van der Waals surface area contributed by atoms with Crippen LogP contribution in [0.3, 0.4) is 0 Å². The molecule has 4 heteroatoms. The van der Waals surface area contributed by atoms with Gasteiger partial charge in [-0.2, -0.15) is 0 Å². The maximum Gasteiger partial charge on any atom is 0.0896 e. The minimum atomic E-state index is -0.379. The Morgan fingerprint density at radius 3 is 2.95 bits per heavy atom. The van der Waals surface area contributed by atoms with E-state index in [1.165, 1.54) is 16.5 Å². The van der Waals surface area contributed by atoms with E-state index in [0.29, 0.717) is 0 Å². The molecule has 0 aliphatic carbocycles. The molecule has 0 radical (unpaired) electrons. The van der Waals surface area contributed by atoms with Crippen molar-refractivity contribution in [2.75, 3.05) is 0 Å². The molecule has 3 rings (SSSR count). The van der Waals surface area contributed by atoms with E-state index in [0.717, 1.165) is 17.8 Å². The van der Waals surface area contributed by atoms with Crippen LogP contribution in [0.25, 0.3) is 10.9 Å². The minimum absolute atomic E-state index is 0.260. The maximum absolute atomic E-state index is 10.2. The second-order valence-electron chi connectivity index (χ2n) is 5.40. The summed E-state index contributed by atoms with van der Waals surface area (Å²) >= 11 is 1.61. The molecule has 3 N–H and O–H groups in total. The Morgan fingerprint density at radius 1 is 1.24 bits per heavy atom. The highest BCUT2D eigenvalue weighted by Gasteiger charge is 2.13. The van der Waals surface area contributed by atoms with Crippen LogP contribution >= 0.6 is 11.3 Å². The number of aliphatic hydroxyl groups is 1. The van der Waals surface area contributed by atoms with Crippen molar-refractivity contribution >= 4 is 22.2 Å². The third kappa shape index (κ3) is 3.35. The number of rotatable bonds is 6. The molecule has 2 atom stereocenters. The van der Waals surface area contributed by atoms with Crippen molar-refractivity contribution in [3.8, 4) is 0 Å². The summed E-state index contributed by atoms with van der Waals surface area (Å²) in [6.45, 7) is 2.93. The molecular formula is C17H20N2OS. The predicted molar refractivity (Wildman–Crippen MR) is 88.5 cm³/mol.